The number of halogens is 3. The number of hydrogen-bond acceptors (Lipinski definition) is 5. The van der Waals surface area contributed by atoms with Crippen LogP contribution in [0, 0.1) is 17.8 Å². The van der Waals surface area contributed by atoms with E-state index in [1.54, 1.807) is 27.0 Å². The Hall–Kier alpha value is -1.25. The van der Waals surface area contributed by atoms with E-state index < -0.39 is 42.0 Å². The zero-order valence-corrected chi connectivity index (χ0v) is 18.8. The minimum atomic E-state index is -2.61. The molecule has 6 nitrogen and oxygen atoms in total. The summed E-state index contributed by atoms with van der Waals surface area (Å²) in [6, 6.07) is 0. The normalized spacial score (nSPS) is 29.3. The van der Waals surface area contributed by atoms with E-state index in [0.29, 0.717) is 31.0 Å². The van der Waals surface area contributed by atoms with Crippen molar-refractivity contribution in [3.8, 4) is 0 Å². The van der Waals surface area contributed by atoms with Crippen LogP contribution in [0.3, 0.4) is 0 Å². The maximum Gasteiger partial charge on any atom is 0.306 e. The zero-order chi connectivity index (χ0) is 22.5. The summed E-state index contributed by atoms with van der Waals surface area (Å²) in [5.74, 6) is -2.67. The Bertz CT molecular complexity index is 644. The summed E-state index contributed by atoms with van der Waals surface area (Å²) < 4.78 is 38.5. The number of ether oxygens (including phenoxy) is 2. The Morgan fingerprint density at radius 1 is 1.43 bits per heavy atom. The van der Waals surface area contributed by atoms with Gasteiger partial charge in [0.25, 0.3) is 0 Å². The van der Waals surface area contributed by atoms with Crippen LogP contribution in [0.4, 0.5) is 8.78 Å². The summed E-state index contributed by atoms with van der Waals surface area (Å²) in [5, 5.41) is 6.17. The van der Waals surface area contributed by atoms with E-state index in [1.807, 2.05) is 6.92 Å². The molecule has 9 heteroatoms. The predicted octanol–water partition coefficient (Wildman–Crippen LogP) is 3.24. The topological polar surface area (TPSA) is 76.7 Å². The van der Waals surface area contributed by atoms with Gasteiger partial charge in [-0.05, 0) is 33.7 Å². The van der Waals surface area contributed by atoms with Gasteiger partial charge >= 0.3 is 5.97 Å². The fraction of sp³-hybridized carbons (Fsp3) is 0.810. The third-order valence-corrected chi connectivity index (χ3v) is 6.36. The molecule has 30 heavy (non-hydrogen) atoms. The van der Waals surface area contributed by atoms with Gasteiger partial charge in [0.05, 0.1) is 18.1 Å². The van der Waals surface area contributed by atoms with Crippen LogP contribution in [-0.4, -0.2) is 56.2 Å². The zero-order valence-electron chi connectivity index (χ0n) is 18.1. The molecule has 1 amide bonds. The van der Waals surface area contributed by atoms with E-state index in [2.05, 4.69) is 10.6 Å². The standard InChI is InChI=1S/C21H33ClF2N2O4/c1-5-7-12-17-13(14(19(23)24)11-16(27)30-17)10-15(22)18(12)29-9-6-8-26-20(28)21(2,3)25-4/h10,12-14,17-19,25H,5-9,11H2,1-4H3,(H,26,28). The number of carbonyl (C=O) groups excluding carboxylic acids is 2. The maximum atomic E-state index is 13.5. The Morgan fingerprint density at radius 2 is 2.13 bits per heavy atom. The minimum absolute atomic E-state index is 0.112. The molecule has 5 unspecified atom stereocenters. The van der Waals surface area contributed by atoms with Crippen molar-refractivity contribution in [3.05, 3.63) is 11.1 Å². The van der Waals surface area contributed by atoms with Crippen molar-refractivity contribution in [1.29, 1.82) is 0 Å². The largest absolute Gasteiger partial charge is 0.461 e. The molecule has 0 aromatic rings. The van der Waals surface area contributed by atoms with Crippen LogP contribution < -0.4 is 10.6 Å². The molecule has 0 aromatic heterocycles. The van der Waals surface area contributed by atoms with Crippen LogP contribution in [0.5, 0.6) is 0 Å². The van der Waals surface area contributed by atoms with Crippen molar-refractivity contribution in [2.75, 3.05) is 20.2 Å². The number of hydrogen-bond donors (Lipinski definition) is 2. The SMILES string of the molecule is CCCC1C(OCCCNC(=O)C(C)(C)NC)C(Cl)=CC2C(C(F)F)CC(=O)OC21. The molecule has 1 aliphatic carbocycles. The average molecular weight is 451 g/mol. The van der Waals surface area contributed by atoms with E-state index in [4.69, 9.17) is 21.1 Å². The second-order valence-electron chi connectivity index (χ2n) is 8.51. The molecule has 172 valence electrons. The van der Waals surface area contributed by atoms with Gasteiger partial charge in [-0.1, -0.05) is 31.0 Å². The Kier molecular flexibility index (Phi) is 9.06. The molecule has 5 atom stereocenters. The van der Waals surface area contributed by atoms with E-state index >= 15 is 0 Å². The van der Waals surface area contributed by atoms with Crippen molar-refractivity contribution in [2.24, 2.45) is 17.8 Å². The fourth-order valence-corrected chi connectivity index (χ4v) is 4.40. The minimum Gasteiger partial charge on any atom is -0.461 e. The summed E-state index contributed by atoms with van der Waals surface area (Å²) in [6.07, 6.45) is -0.503. The molecule has 2 aliphatic rings. The summed E-state index contributed by atoms with van der Waals surface area (Å²) >= 11 is 6.45. The quantitative estimate of drug-likeness (QED) is 0.394. The van der Waals surface area contributed by atoms with Crippen molar-refractivity contribution in [3.63, 3.8) is 0 Å². The first-order valence-electron chi connectivity index (χ1n) is 10.6. The van der Waals surface area contributed by atoms with Gasteiger partial charge in [0.1, 0.15) is 6.10 Å². The highest BCUT2D eigenvalue weighted by molar-refractivity contribution is 6.30. The van der Waals surface area contributed by atoms with Gasteiger partial charge in [-0.3, -0.25) is 9.59 Å². The number of carbonyl (C=O) groups is 2. The Balaban J connectivity index is 2.00. The fourth-order valence-electron chi connectivity index (χ4n) is 4.03. The molecular weight excluding hydrogens is 418 g/mol. The lowest BCUT2D eigenvalue weighted by molar-refractivity contribution is -0.178. The van der Waals surface area contributed by atoms with Crippen LogP contribution in [0.15, 0.2) is 11.1 Å². The van der Waals surface area contributed by atoms with Gasteiger partial charge in [-0.2, -0.15) is 0 Å². The van der Waals surface area contributed by atoms with Gasteiger partial charge in [0.2, 0.25) is 12.3 Å². The Labute approximate surface area is 182 Å². The molecule has 0 aromatic carbocycles. The first-order valence-corrected chi connectivity index (χ1v) is 10.9. The number of alkyl halides is 2. The molecule has 1 aliphatic heterocycles. The van der Waals surface area contributed by atoms with E-state index in [1.165, 1.54) is 0 Å². The monoisotopic (exact) mass is 450 g/mol. The van der Waals surface area contributed by atoms with Crippen molar-refractivity contribution >= 4 is 23.5 Å². The molecule has 1 fully saturated rings. The number of rotatable bonds is 10. The molecule has 1 heterocycles. The predicted molar refractivity (Wildman–Crippen MR) is 110 cm³/mol. The number of nitrogens with one attached hydrogen (secondary N) is 2. The maximum absolute atomic E-state index is 13.5. The van der Waals surface area contributed by atoms with Crippen LogP contribution in [0.2, 0.25) is 0 Å². The summed E-state index contributed by atoms with van der Waals surface area (Å²) in [7, 11) is 1.72. The van der Waals surface area contributed by atoms with Gasteiger partial charge in [0, 0.05) is 35.9 Å². The summed E-state index contributed by atoms with van der Waals surface area (Å²) in [5.41, 5.74) is -0.663. The summed E-state index contributed by atoms with van der Waals surface area (Å²) in [6.45, 7) is 6.32. The molecular formula is C21H33ClF2N2O4. The second-order valence-corrected chi connectivity index (χ2v) is 8.95. The first kappa shape index (κ1) is 25.0. The van der Waals surface area contributed by atoms with E-state index in [9.17, 15) is 18.4 Å². The van der Waals surface area contributed by atoms with E-state index in [0.717, 1.165) is 6.42 Å². The lowest BCUT2D eigenvalue weighted by atomic mass is 9.71. The van der Waals surface area contributed by atoms with Crippen molar-refractivity contribution in [1.82, 2.24) is 10.6 Å². The first-order chi connectivity index (χ1) is 14.1. The smallest absolute Gasteiger partial charge is 0.306 e. The average Bonchev–Trinajstić information content (AvgIpc) is 2.69. The van der Waals surface area contributed by atoms with Gasteiger partial charge < -0.3 is 20.1 Å². The highest BCUT2D eigenvalue weighted by Crippen LogP contribution is 2.45. The Morgan fingerprint density at radius 3 is 2.73 bits per heavy atom. The highest BCUT2D eigenvalue weighted by Gasteiger charge is 2.50. The van der Waals surface area contributed by atoms with Crippen LogP contribution >= 0.6 is 11.6 Å². The van der Waals surface area contributed by atoms with Crippen molar-refractivity contribution < 1.29 is 27.8 Å². The molecule has 0 radical (unpaired) electrons. The second kappa shape index (κ2) is 10.9. The molecule has 2 N–H and O–H groups in total. The van der Waals surface area contributed by atoms with E-state index in [-0.39, 0.29) is 18.2 Å². The summed E-state index contributed by atoms with van der Waals surface area (Å²) in [4.78, 5) is 24.0. The third-order valence-electron chi connectivity index (χ3n) is 6.02. The highest BCUT2D eigenvalue weighted by atomic mass is 35.5. The van der Waals surface area contributed by atoms with Gasteiger partial charge in [-0.15, -0.1) is 0 Å². The van der Waals surface area contributed by atoms with Crippen LogP contribution in [0.1, 0.15) is 46.5 Å². The van der Waals surface area contributed by atoms with Crippen LogP contribution in [-0.2, 0) is 19.1 Å². The van der Waals surface area contributed by atoms with Gasteiger partial charge in [-0.25, -0.2) is 8.78 Å². The molecule has 0 bridgehead atoms. The molecule has 0 spiro atoms. The van der Waals surface area contributed by atoms with Crippen molar-refractivity contribution in [2.45, 2.75) is 70.6 Å². The molecule has 2 rings (SSSR count). The number of likely N-dealkylation sites (N-methyl/N-ethyl adjacent to an activating group) is 1. The number of esters is 1. The van der Waals surface area contributed by atoms with Crippen LogP contribution in [0.25, 0.3) is 0 Å². The lowest BCUT2D eigenvalue weighted by Gasteiger charge is -2.45. The number of amides is 1. The van der Waals surface area contributed by atoms with Gasteiger partial charge in [0.15, 0.2) is 0 Å². The molecule has 1 saturated heterocycles. The lowest BCUT2D eigenvalue weighted by Crippen LogP contribution is -2.52. The molecule has 0 saturated carbocycles. The third kappa shape index (κ3) is 5.92. The number of fused-ring (bicyclic) bond motifs is 1.